The van der Waals surface area contributed by atoms with Gasteiger partial charge in [-0.1, -0.05) is 18.2 Å². The Bertz CT molecular complexity index is 473. The molecule has 1 heterocycles. The summed E-state index contributed by atoms with van der Waals surface area (Å²) in [6.45, 7) is 0. The van der Waals surface area contributed by atoms with E-state index in [0.29, 0.717) is 12.8 Å². The molecule has 0 bridgehead atoms. The number of benzene rings is 1. The molecule has 1 atom stereocenters. The number of halogens is 1. The van der Waals surface area contributed by atoms with Gasteiger partial charge in [-0.2, -0.15) is 0 Å². The van der Waals surface area contributed by atoms with Crippen LogP contribution in [-0.4, -0.2) is 16.2 Å². The molecule has 0 saturated carbocycles. The normalized spacial score (nSPS) is 12.4. The molecule has 88 valence electrons. The van der Waals surface area contributed by atoms with Gasteiger partial charge in [0.25, 0.3) is 0 Å². The third-order valence-electron chi connectivity index (χ3n) is 2.55. The Kier molecular flexibility index (Phi) is 3.83. The third kappa shape index (κ3) is 3.64. The van der Waals surface area contributed by atoms with Crippen LogP contribution in [0.1, 0.15) is 11.1 Å². The molecule has 0 aliphatic heterocycles. The molecule has 0 saturated heterocycles. The second-order valence-corrected chi connectivity index (χ2v) is 4.05. The van der Waals surface area contributed by atoms with Crippen LogP contribution in [0.2, 0.25) is 0 Å². The van der Waals surface area contributed by atoms with Gasteiger partial charge in [-0.05, 0) is 35.7 Å². The van der Waals surface area contributed by atoms with Crippen LogP contribution in [0.25, 0.3) is 0 Å². The zero-order chi connectivity index (χ0) is 12.1. The molecule has 1 N–H and O–H groups in total. The predicted octanol–water partition coefficient (Wildman–Crippen LogP) is 2.37. The number of hydrogen-bond donors (Lipinski definition) is 1. The Morgan fingerprint density at radius 3 is 2.59 bits per heavy atom. The van der Waals surface area contributed by atoms with E-state index in [-0.39, 0.29) is 5.82 Å². The lowest BCUT2D eigenvalue weighted by Gasteiger charge is -2.10. The molecule has 17 heavy (non-hydrogen) atoms. The highest BCUT2D eigenvalue weighted by molar-refractivity contribution is 5.18. The first-order chi connectivity index (χ1) is 8.24. The van der Waals surface area contributed by atoms with Gasteiger partial charge >= 0.3 is 0 Å². The van der Waals surface area contributed by atoms with Crippen molar-refractivity contribution in [2.45, 2.75) is 18.9 Å². The summed E-state index contributed by atoms with van der Waals surface area (Å²) < 4.78 is 13.0. The summed E-state index contributed by atoms with van der Waals surface area (Å²) in [6, 6.07) is 10.1. The van der Waals surface area contributed by atoms with Gasteiger partial charge in [0.15, 0.2) is 0 Å². The molecule has 0 amide bonds. The molecule has 0 aliphatic carbocycles. The number of rotatable bonds is 4. The molecule has 0 radical (unpaired) electrons. The smallest absolute Gasteiger partial charge is 0.123 e. The van der Waals surface area contributed by atoms with Crippen molar-refractivity contribution in [3.05, 3.63) is 65.7 Å². The Labute approximate surface area is 99.8 Å². The minimum Gasteiger partial charge on any atom is -0.392 e. The van der Waals surface area contributed by atoms with Crippen LogP contribution in [0.4, 0.5) is 4.39 Å². The lowest BCUT2D eigenvalue weighted by atomic mass is 10.0. The molecule has 2 aromatic rings. The van der Waals surface area contributed by atoms with Crippen LogP contribution in [0.5, 0.6) is 0 Å². The van der Waals surface area contributed by atoms with Crippen LogP contribution in [0, 0.1) is 5.82 Å². The Hall–Kier alpha value is -1.74. The fraction of sp³-hybridized carbons (Fsp3) is 0.214. The van der Waals surface area contributed by atoms with Gasteiger partial charge in [-0.25, -0.2) is 4.39 Å². The highest BCUT2D eigenvalue weighted by Crippen LogP contribution is 2.09. The first-order valence-electron chi connectivity index (χ1n) is 5.55. The second-order valence-electron chi connectivity index (χ2n) is 4.05. The van der Waals surface area contributed by atoms with E-state index in [1.165, 1.54) is 12.1 Å². The van der Waals surface area contributed by atoms with E-state index in [1.807, 2.05) is 18.2 Å². The summed E-state index contributed by atoms with van der Waals surface area (Å²) in [5, 5.41) is 9.90. The maximum atomic E-state index is 13.0. The van der Waals surface area contributed by atoms with Crippen molar-refractivity contribution in [1.29, 1.82) is 0 Å². The molecule has 2 nitrogen and oxygen atoms in total. The number of aromatic nitrogens is 1. The average molecular weight is 231 g/mol. The maximum Gasteiger partial charge on any atom is 0.123 e. The largest absolute Gasteiger partial charge is 0.392 e. The van der Waals surface area contributed by atoms with Gasteiger partial charge in [0, 0.05) is 18.8 Å². The molecular formula is C14H14FNO. The lowest BCUT2D eigenvalue weighted by molar-refractivity contribution is 0.175. The fourth-order valence-corrected chi connectivity index (χ4v) is 1.80. The summed E-state index contributed by atoms with van der Waals surface area (Å²) >= 11 is 0. The highest BCUT2D eigenvalue weighted by Gasteiger charge is 2.07. The zero-order valence-corrected chi connectivity index (χ0v) is 9.38. The topological polar surface area (TPSA) is 33.1 Å². The van der Waals surface area contributed by atoms with Gasteiger partial charge in [-0.3, -0.25) is 4.98 Å². The number of nitrogens with zero attached hydrogens (tertiary/aromatic N) is 1. The van der Waals surface area contributed by atoms with Crippen LogP contribution in [0.15, 0.2) is 48.8 Å². The summed E-state index contributed by atoms with van der Waals surface area (Å²) in [5.41, 5.74) is 1.79. The quantitative estimate of drug-likeness (QED) is 0.876. The molecule has 0 aliphatic rings. The summed E-state index contributed by atoms with van der Waals surface area (Å²) in [6.07, 6.45) is 3.90. The standard InChI is InChI=1S/C14H14FNO/c15-13-5-1-3-11(7-13)8-14(17)9-12-4-2-6-16-10-12/h1-7,10,14,17H,8-9H2. The molecule has 1 aromatic carbocycles. The number of hydrogen-bond acceptors (Lipinski definition) is 2. The van der Waals surface area contributed by atoms with E-state index in [9.17, 15) is 9.50 Å². The molecule has 3 heteroatoms. The van der Waals surface area contributed by atoms with Gasteiger partial charge in [0.1, 0.15) is 5.82 Å². The number of aliphatic hydroxyl groups is 1. The van der Waals surface area contributed by atoms with E-state index >= 15 is 0 Å². The van der Waals surface area contributed by atoms with Gasteiger partial charge in [-0.15, -0.1) is 0 Å². The number of aliphatic hydroxyl groups excluding tert-OH is 1. The molecule has 1 aromatic heterocycles. The van der Waals surface area contributed by atoms with E-state index in [4.69, 9.17) is 0 Å². The lowest BCUT2D eigenvalue weighted by Crippen LogP contribution is -2.14. The summed E-state index contributed by atoms with van der Waals surface area (Å²) in [5.74, 6) is -0.268. The van der Waals surface area contributed by atoms with Crippen molar-refractivity contribution in [2.24, 2.45) is 0 Å². The van der Waals surface area contributed by atoms with E-state index < -0.39 is 6.10 Å². The first kappa shape index (κ1) is 11.7. The van der Waals surface area contributed by atoms with E-state index in [2.05, 4.69) is 4.98 Å². The molecule has 1 unspecified atom stereocenters. The monoisotopic (exact) mass is 231 g/mol. The van der Waals surface area contributed by atoms with Crippen molar-refractivity contribution in [3.63, 3.8) is 0 Å². The molecule has 0 spiro atoms. The molecular weight excluding hydrogens is 217 g/mol. The Morgan fingerprint density at radius 1 is 1.12 bits per heavy atom. The van der Waals surface area contributed by atoms with Crippen molar-refractivity contribution >= 4 is 0 Å². The Morgan fingerprint density at radius 2 is 1.88 bits per heavy atom. The fourth-order valence-electron chi connectivity index (χ4n) is 1.80. The third-order valence-corrected chi connectivity index (χ3v) is 2.55. The average Bonchev–Trinajstić information content (AvgIpc) is 2.30. The summed E-state index contributed by atoms with van der Waals surface area (Å²) in [7, 11) is 0. The molecule has 2 rings (SSSR count). The minimum absolute atomic E-state index is 0.268. The van der Waals surface area contributed by atoms with Crippen LogP contribution >= 0.6 is 0 Å². The SMILES string of the molecule is OC(Cc1cccnc1)Cc1cccc(F)c1. The van der Waals surface area contributed by atoms with Crippen LogP contribution in [0.3, 0.4) is 0 Å². The van der Waals surface area contributed by atoms with Crippen molar-refractivity contribution in [2.75, 3.05) is 0 Å². The van der Waals surface area contributed by atoms with E-state index in [0.717, 1.165) is 11.1 Å². The first-order valence-corrected chi connectivity index (χ1v) is 5.55. The molecule has 0 fully saturated rings. The summed E-state index contributed by atoms with van der Waals surface area (Å²) in [4.78, 5) is 3.99. The Balaban J connectivity index is 1.96. The van der Waals surface area contributed by atoms with E-state index in [1.54, 1.807) is 18.5 Å². The number of pyridine rings is 1. The van der Waals surface area contributed by atoms with Crippen LogP contribution in [-0.2, 0) is 12.8 Å². The maximum absolute atomic E-state index is 13.0. The highest BCUT2D eigenvalue weighted by atomic mass is 19.1. The van der Waals surface area contributed by atoms with Crippen LogP contribution < -0.4 is 0 Å². The van der Waals surface area contributed by atoms with Gasteiger partial charge in [0.2, 0.25) is 0 Å². The van der Waals surface area contributed by atoms with Gasteiger partial charge in [0.05, 0.1) is 6.10 Å². The zero-order valence-electron chi connectivity index (χ0n) is 9.38. The minimum atomic E-state index is -0.513. The second kappa shape index (κ2) is 5.55. The van der Waals surface area contributed by atoms with Gasteiger partial charge < -0.3 is 5.11 Å². The predicted molar refractivity (Wildman–Crippen MR) is 64.1 cm³/mol. The van der Waals surface area contributed by atoms with Crippen molar-refractivity contribution in [3.8, 4) is 0 Å². The van der Waals surface area contributed by atoms with Crippen molar-refractivity contribution in [1.82, 2.24) is 4.98 Å². The van der Waals surface area contributed by atoms with Crippen molar-refractivity contribution < 1.29 is 9.50 Å².